The Balaban J connectivity index is 1.96. The Hall–Kier alpha value is -1.10. The van der Waals surface area contributed by atoms with Gasteiger partial charge in [-0.1, -0.05) is 6.92 Å². The zero-order valence-electron chi connectivity index (χ0n) is 12.7. The van der Waals surface area contributed by atoms with Crippen molar-refractivity contribution >= 4 is 11.9 Å². The molecule has 5 nitrogen and oxygen atoms in total. The minimum atomic E-state index is -0.809. The highest BCUT2D eigenvalue weighted by Gasteiger charge is 2.43. The van der Waals surface area contributed by atoms with Crippen LogP contribution in [0.1, 0.15) is 32.6 Å². The molecule has 0 bridgehead atoms. The number of piperidine rings is 1. The van der Waals surface area contributed by atoms with Crippen LogP contribution in [0.3, 0.4) is 0 Å². The molecule has 5 heteroatoms. The predicted octanol–water partition coefficient (Wildman–Crippen LogP) is 1.29. The maximum atomic E-state index is 12.6. The predicted molar refractivity (Wildman–Crippen MR) is 76.3 cm³/mol. The second kappa shape index (κ2) is 6.12. The van der Waals surface area contributed by atoms with Crippen molar-refractivity contribution in [2.45, 2.75) is 38.6 Å². The summed E-state index contributed by atoms with van der Waals surface area (Å²) in [6.45, 7) is 3.57. The van der Waals surface area contributed by atoms with Gasteiger partial charge in [-0.3, -0.25) is 9.59 Å². The molecule has 0 aromatic heterocycles. The molecule has 3 unspecified atom stereocenters. The molecule has 20 heavy (non-hydrogen) atoms. The van der Waals surface area contributed by atoms with Crippen molar-refractivity contribution in [3.8, 4) is 0 Å². The average Bonchev–Trinajstić information content (AvgIpc) is 2.80. The van der Waals surface area contributed by atoms with Crippen molar-refractivity contribution in [3.05, 3.63) is 0 Å². The monoisotopic (exact) mass is 282 g/mol. The van der Waals surface area contributed by atoms with Crippen molar-refractivity contribution in [2.75, 3.05) is 27.2 Å². The van der Waals surface area contributed by atoms with Crippen LogP contribution in [0.4, 0.5) is 0 Å². The van der Waals surface area contributed by atoms with Gasteiger partial charge in [0.1, 0.15) is 0 Å². The number of rotatable bonds is 3. The average molecular weight is 282 g/mol. The van der Waals surface area contributed by atoms with Crippen molar-refractivity contribution < 1.29 is 14.7 Å². The molecule has 0 aromatic rings. The van der Waals surface area contributed by atoms with Crippen LogP contribution in [0.25, 0.3) is 0 Å². The van der Waals surface area contributed by atoms with Gasteiger partial charge in [0.25, 0.3) is 0 Å². The number of aliphatic carboxylic acids is 1. The molecule has 3 atom stereocenters. The number of likely N-dealkylation sites (tertiary alicyclic amines) is 1. The quantitative estimate of drug-likeness (QED) is 0.847. The summed E-state index contributed by atoms with van der Waals surface area (Å²) in [6.07, 6.45) is 3.33. The van der Waals surface area contributed by atoms with E-state index in [-0.39, 0.29) is 11.8 Å². The lowest BCUT2D eigenvalue weighted by molar-refractivity contribution is -0.149. The normalized spacial score (nSPS) is 31.8. The molecule has 1 aliphatic carbocycles. The van der Waals surface area contributed by atoms with Crippen LogP contribution in [0.15, 0.2) is 0 Å². The van der Waals surface area contributed by atoms with E-state index in [0.717, 1.165) is 32.4 Å². The molecule has 1 amide bonds. The maximum Gasteiger partial charge on any atom is 0.307 e. The van der Waals surface area contributed by atoms with Crippen molar-refractivity contribution in [2.24, 2.45) is 17.8 Å². The molecule has 2 rings (SSSR count). The maximum absolute atomic E-state index is 12.6. The lowest BCUT2D eigenvalue weighted by Gasteiger charge is -2.36. The van der Waals surface area contributed by atoms with Crippen LogP contribution in [-0.2, 0) is 9.59 Å². The summed E-state index contributed by atoms with van der Waals surface area (Å²) < 4.78 is 0. The number of hydrogen-bond donors (Lipinski definition) is 1. The Labute approximate surface area is 120 Å². The highest BCUT2D eigenvalue weighted by molar-refractivity contribution is 5.85. The Bertz CT molecular complexity index is 375. The van der Waals surface area contributed by atoms with E-state index in [1.807, 2.05) is 11.8 Å². The standard InChI is InChI=1S/C15H26N2O3/c1-10-8-12(13(9-10)15(19)20)14(18)17-6-4-11(5-7-17)16(2)3/h10-13H,4-9H2,1-3H3,(H,19,20). The van der Waals surface area contributed by atoms with Crippen LogP contribution in [0, 0.1) is 17.8 Å². The summed E-state index contributed by atoms with van der Waals surface area (Å²) in [4.78, 5) is 28.0. The Kier molecular flexibility index (Phi) is 4.68. The molecular formula is C15H26N2O3. The van der Waals surface area contributed by atoms with Crippen LogP contribution in [0.5, 0.6) is 0 Å². The van der Waals surface area contributed by atoms with Crippen molar-refractivity contribution in [1.82, 2.24) is 9.80 Å². The van der Waals surface area contributed by atoms with Gasteiger partial charge in [-0.05, 0) is 45.7 Å². The van der Waals surface area contributed by atoms with E-state index < -0.39 is 11.9 Å². The minimum absolute atomic E-state index is 0.0685. The Morgan fingerprint density at radius 1 is 1.10 bits per heavy atom. The molecule has 2 fully saturated rings. The molecule has 1 saturated heterocycles. The first kappa shape index (κ1) is 15.3. The van der Waals surface area contributed by atoms with Crippen LogP contribution >= 0.6 is 0 Å². The number of amides is 1. The molecule has 2 aliphatic rings. The third-order valence-corrected chi connectivity index (χ3v) is 4.94. The van der Waals surface area contributed by atoms with Gasteiger partial charge in [0.2, 0.25) is 5.91 Å². The van der Waals surface area contributed by atoms with Gasteiger partial charge >= 0.3 is 5.97 Å². The molecule has 114 valence electrons. The fraction of sp³-hybridized carbons (Fsp3) is 0.867. The fourth-order valence-electron chi connectivity index (χ4n) is 3.67. The first-order valence-corrected chi connectivity index (χ1v) is 7.58. The van der Waals surface area contributed by atoms with E-state index in [9.17, 15) is 14.7 Å². The second-order valence-electron chi connectivity index (χ2n) is 6.65. The molecule has 1 aliphatic heterocycles. The lowest BCUT2D eigenvalue weighted by Crippen LogP contribution is -2.47. The van der Waals surface area contributed by atoms with Gasteiger partial charge in [-0.2, -0.15) is 0 Å². The fourth-order valence-corrected chi connectivity index (χ4v) is 3.67. The number of carboxylic acid groups (broad SMARTS) is 1. The first-order chi connectivity index (χ1) is 9.40. The number of carbonyl (C=O) groups excluding carboxylic acids is 1. The smallest absolute Gasteiger partial charge is 0.307 e. The van der Waals surface area contributed by atoms with E-state index in [0.29, 0.717) is 18.4 Å². The Morgan fingerprint density at radius 2 is 1.65 bits per heavy atom. The van der Waals surface area contributed by atoms with Crippen molar-refractivity contribution in [3.63, 3.8) is 0 Å². The molecule has 1 heterocycles. The lowest BCUT2D eigenvalue weighted by atomic mass is 9.93. The number of nitrogens with zero attached hydrogens (tertiary/aromatic N) is 2. The van der Waals surface area contributed by atoms with Crippen LogP contribution in [0.2, 0.25) is 0 Å². The van der Waals surface area contributed by atoms with Gasteiger partial charge in [0.15, 0.2) is 0 Å². The summed E-state index contributed by atoms with van der Waals surface area (Å²) in [6, 6.07) is 0.539. The van der Waals surface area contributed by atoms with Gasteiger partial charge in [-0.25, -0.2) is 0 Å². The van der Waals surface area contributed by atoms with E-state index in [1.54, 1.807) is 0 Å². The van der Waals surface area contributed by atoms with E-state index in [4.69, 9.17) is 0 Å². The van der Waals surface area contributed by atoms with Crippen LogP contribution < -0.4 is 0 Å². The van der Waals surface area contributed by atoms with Gasteiger partial charge in [0, 0.05) is 19.1 Å². The van der Waals surface area contributed by atoms with Gasteiger partial charge < -0.3 is 14.9 Å². The topological polar surface area (TPSA) is 60.9 Å². The molecular weight excluding hydrogens is 256 g/mol. The van der Waals surface area contributed by atoms with Crippen molar-refractivity contribution in [1.29, 1.82) is 0 Å². The highest BCUT2D eigenvalue weighted by atomic mass is 16.4. The summed E-state index contributed by atoms with van der Waals surface area (Å²) in [5, 5.41) is 9.29. The van der Waals surface area contributed by atoms with Gasteiger partial charge in [0.05, 0.1) is 11.8 Å². The molecule has 1 N–H and O–H groups in total. The summed E-state index contributed by atoms with van der Waals surface area (Å²) >= 11 is 0. The molecule has 0 aromatic carbocycles. The number of hydrogen-bond acceptors (Lipinski definition) is 3. The highest BCUT2D eigenvalue weighted by Crippen LogP contribution is 2.38. The van der Waals surface area contributed by atoms with Gasteiger partial charge in [-0.15, -0.1) is 0 Å². The van der Waals surface area contributed by atoms with E-state index in [1.165, 1.54) is 0 Å². The Morgan fingerprint density at radius 3 is 2.15 bits per heavy atom. The zero-order chi connectivity index (χ0) is 14.9. The third-order valence-electron chi connectivity index (χ3n) is 4.94. The molecule has 0 spiro atoms. The van der Waals surface area contributed by atoms with E-state index in [2.05, 4.69) is 19.0 Å². The van der Waals surface area contributed by atoms with Crippen LogP contribution in [-0.4, -0.2) is 60.0 Å². The zero-order valence-corrected chi connectivity index (χ0v) is 12.7. The largest absolute Gasteiger partial charge is 0.481 e. The summed E-state index contributed by atoms with van der Waals surface area (Å²) in [7, 11) is 4.14. The summed E-state index contributed by atoms with van der Waals surface area (Å²) in [5.74, 6) is -1.19. The number of carbonyl (C=O) groups is 2. The molecule has 1 saturated carbocycles. The third kappa shape index (κ3) is 3.14. The molecule has 0 radical (unpaired) electrons. The minimum Gasteiger partial charge on any atom is -0.481 e. The van der Waals surface area contributed by atoms with E-state index >= 15 is 0 Å². The second-order valence-corrected chi connectivity index (χ2v) is 6.65. The first-order valence-electron chi connectivity index (χ1n) is 7.58. The summed E-state index contributed by atoms with van der Waals surface area (Å²) in [5.41, 5.74) is 0. The SMILES string of the molecule is CC1CC(C(=O)O)C(C(=O)N2CCC(N(C)C)CC2)C1. The number of carboxylic acids is 1.